The third-order valence-corrected chi connectivity index (χ3v) is 5.70. The minimum atomic E-state index is 0.533. The van der Waals surface area contributed by atoms with Crippen molar-refractivity contribution in [3.8, 4) is 28.5 Å². The maximum Gasteiger partial charge on any atom is 0.216 e. The summed E-state index contributed by atoms with van der Waals surface area (Å²) in [6, 6.07) is 23.6. The normalized spacial score (nSPS) is 10.8. The molecule has 3 aromatic carbocycles. The lowest BCUT2D eigenvalue weighted by molar-refractivity contribution is -0.660. The smallest absolute Gasteiger partial charge is 0.216 e. The van der Waals surface area contributed by atoms with Crippen LogP contribution in [0.25, 0.3) is 49.2 Å². The molecular formula is C27H18N3O+. The summed E-state index contributed by atoms with van der Waals surface area (Å²) in [5, 5.41) is 11.5. The first-order valence-electron chi connectivity index (χ1n) is 9.94. The summed E-state index contributed by atoms with van der Waals surface area (Å²) < 4.78 is 8.61. The van der Waals surface area contributed by atoms with Crippen LogP contribution >= 0.6 is 0 Å². The second-order valence-electron chi connectivity index (χ2n) is 7.57. The monoisotopic (exact) mass is 400 g/mol. The first-order chi connectivity index (χ1) is 15.1. The van der Waals surface area contributed by atoms with E-state index >= 15 is 0 Å². The highest BCUT2D eigenvalue weighted by atomic mass is 16.3. The number of aromatic nitrogens is 1. The summed E-state index contributed by atoms with van der Waals surface area (Å²) in [7, 11) is 2.02. The molecule has 0 unspecified atom stereocenters. The van der Waals surface area contributed by atoms with Crippen molar-refractivity contribution in [3.05, 3.63) is 95.5 Å². The fourth-order valence-corrected chi connectivity index (χ4v) is 4.21. The van der Waals surface area contributed by atoms with Crippen LogP contribution < -0.4 is 4.57 Å². The van der Waals surface area contributed by atoms with Crippen molar-refractivity contribution in [2.45, 2.75) is 6.92 Å². The van der Waals surface area contributed by atoms with Gasteiger partial charge in [-0.1, -0.05) is 36.4 Å². The second-order valence-corrected chi connectivity index (χ2v) is 7.57. The van der Waals surface area contributed by atoms with E-state index in [9.17, 15) is 5.26 Å². The zero-order chi connectivity index (χ0) is 21.5. The number of aryl methyl sites for hydroxylation is 2. The van der Waals surface area contributed by atoms with Crippen LogP contribution in [0.5, 0.6) is 0 Å². The van der Waals surface area contributed by atoms with Crippen LogP contribution in [0.2, 0.25) is 0 Å². The topological polar surface area (TPSA) is 45.2 Å². The van der Waals surface area contributed by atoms with E-state index < -0.39 is 0 Å². The van der Waals surface area contributed by atoms with Gasteiger partial charge in [0.2, 0.25) is 5.69 Å². The fraction of sp³-hybridized carbons (Fsp3) is 0.0741. The molecule has 31 heavy (non-hydrogen) atoms. The average Bonchev–Trinajstić information content (AvgIpc) is 3.17. The summed E-state index contributed by atoms with van der Waals surface area (Å²) in [4.78, 5) is 3.68. The Kier molecular flexibility index (Phi) is 4.28. The van der Waals surface area contributed by atoms with Gasteiger partial charge in [-0.15, -0.1) is 0 Å². The predicted octanol–water partition coefficient (Wildman–Crippen LogP) is 6.48. The number of hydrogen-bond acceptors (Lipinski definition) is 2. The van der Waals surface area contributed by atoms with Gasteiger partial charge in [0.15, 0.2) is 11.9 Å². The van der Waals surface area contributed by atoms with Crippen molar-refractivity contribution in [1.29, 1.82) is 5.26 Å². The highest BCUT2D eigenvalue weighted by Crippen LogP contribution is 2.43. The maximum atomic E-state index is 9.67. The summed E-state index contributed by atoms with van der Waals surface area (Å²) in [6.07, 6.45) is 2.02. The Morgan fingerprint density at radius 1 is 0.935 bits per heavy atom. The molecule has 0 aliphatic carbocycles. The van der Waals surface area contributed by atoms with Crippen LogP contribution in [-0.4, -0.2) is 0 Å². The third kappa shape index (κ3) is 2.86. The number of nitriles is 1. The Morgan fingerprint density at radius 3 is 2.52 bits per heavy atom. The SMILES string of the molecule is [C-]#[N+]c1ccccc1-c1cc(C#N)cc2c1oc1c(-c3cccc[n+]3C)c(C)ccc12. The van der Waals surface area contributed by atoms with E-state index in [2.05, 4.69) is 40.6 Å². The van der Waals surface area contributed by atoms with E-state index in [0.717, 1.165) is 44.3 Å². The van der Waals surface area contributed by atoms with Crippen molar-refractivity contribution in [2.75, 3.05) is 0 Å². The number of hydrogen-bond donors (Lipinski definition) is 0. The predicted molar refractivity (Wildman–Crippen MR) is 121 cm³/mol. The number of rotatable bonds is 2. The highest BCUT2D eigenvalue weighted by Gasteiger charge is 2.22. The molecule has 2 heterocycles. The molecule has 0 amide bonds. The molecule has 0 radical (unpaired) electrons. The van der Waals surface area contributed by atoms with Gasteiger partial charge in [0, 0.05) is 28.5 Å². The first kappa shape index (κ1) is 18.6. The van der Waals surface area contributed by atoms with Crippen molar-refractivity contribution >= 4 is 27.6 Å². The third-order valence-electron chi connectivity index (χ3n) is 5.70. The van der Waals surface area contributed by atoms with Gasteiger partial charge in [0.05, 0.1) is 23.8 Å². The molecule has 0 atom stereocenters. The molecule has 0 saturated carbocycles. The van der Waals surface area contributed by atoms with E-state index in [4.69, 9.17) is 11.0 Å². The van der Waals surface area contributed by atoms with Gasteiger partial charge in [-0.05, 0) is 36.2 Å². The molecule has 146 valence electrons. The van der Waals surface area contributed by atoms with Gasteiger partial charge in [0.25, 0.3) is 0 Å². The molecule has 0 aliphatic heterocycles. The number of pyridine rings is 1. The number of fused-ring (bicyclic) bond motifs is 3. The van der Waals surface area contributed by atoms with E-state index in [1.165, 1.54) is 0 Å². The molecule has 0 bridgehead atoms. The Bertz CT molecular complexity index is 1580. The van der Waals surface area contributed by atoms with Gasteiger partial charge >= 0.3 is 0 Å². The van der Waals surface area contributed by atoms with Crippen molar-refractivity contribution < 1.29 is 8.98 Å². The molecule has 4 heteroatoms. The standard InChI is InChI=1S/C27H18N3O/c1-17-11-12-20-22-15-18(16-28)14-21(19-8-4-5-9-23(19)29-2)26(22)31-27(20)25(17)24-10-6-7-13-30(24)3/h4-15H,1,3H3/q+1. The lowest BCUT2D eigenvalue weighted by Gasteiger charge is -2.06. The first-order valence-corrected chi connectivity index (χ1v) is 9.94. The molecule has 0 N–H and O–H groups in total. The highest BCUT2D eigenvalue weighted by molar-refractivity contribution is 6.14. The van der Waals surface area contributed by atoms with Crippen LogP contribution in [0.3, 0.4) is 0 Å². The average molecular weight is 400 g/mol. The number of furan rings is 1. The van der Waals surface area contributed by atoms with Crippen molar-refractivity contribution in [2.24, 2.45) is 7.05 Å². The Labute approximate surface area is 180 Å². The van der Waals surface area contributed by atoms with Crippen LogP contribution in [-0.2, 0) is 7.05 Å². The van der Waals surface area contributed by atoms with Gasteiger partial charge in [-0.25, -0.2) is 9.41 Å². The van der Waals surface area contributed by atoms with Crippen LogP contribution in [0.1, 0.15) is 11.1 Å². The molecule has 0 spiro atoms. The van der Waals surface area contributed by atoms with Crippen LogP contribution in [0.4, 0.5) is 5.69 Å². The molecule has 0 fully saturated rings. The Morgan fingerprint density at radius 2 is 1.74 bits per heavy atom. The molecule has 2 aromatic heterocycles. The quantitative estimate of drug-likeness (QED) is 0.252. The molecule has 0 saturated heterocycles. The van der Waals surface area contributed by atoms with Gasteiger partial charge in [0.1, 0.15) is 18.2 Å². The van der Waals surface area contributed by atoms with Gasteiger partial charge in [-0.3, -0.25) is 0 Å². The van der Waals surface area contributed by atoms with E-state index in [0.29, 0.717) is 16.8 Å². The second kappa shape index (κ2) is 7.13. The summed E-state index contributed by atoms with van der Waals surface area (Å²) in [6.45, 7) is 9.65. The molecule has 5 rings (SSSR count). The zero-order valence-electron chi connectivity index (χ0n) is 17.2. The van der Waals surface area contributed by atoms with Crippen LogP contribution in [0.15, 0.2) is 77.3 Å². The fourth-order valence-electron chi connectivity index (χ4n) is 4.21. The number of para-hydroxylation sites is 1. The summed E-state index contributed by atoms with van der Waals surface area (Å²) in [5.41, 5.74) is 7.26. The molecular weight excluding hydrogens is 382 g/mol. The minimum absolute atomic E-state index is 0.533. The lowest BCUT2D eigenvalue weighted by Crippen LogP contribution is -2.30. The molecule has 5 aromatic rings. The lowest BCUT2D eigenvalue weighted by atomic mass is 9.97. The minimum Gasteiger partial charge on any atom is -0.455 e. The summed E-state index contributed by atoms with van der Waals surface area (Å²) >= 11 is 0. The van der Waals surface area contributed by atoms with Crippen molar-refractivity contribution in [3.63, 3.8) is 0 Å². The van der Waals surface area contributed by atoms with Crippen LogP contribution in [0, 0.1) is 24.8 Å². The van der Waals surface area contributed by atoms with Gasteiger partial charge < -0.3 is 4.42 Å². The Hall–Kier alpha value is -4.41. The Balaban J connectivity index is 1.95. The molecule has 0 aliphatic rings. The van der Waals surface area contributed by atoms with E-state index in [1.807, 2.05) is 55.7 Å². The largest absolute Gasteiger partial charge is 0.455 e. The zero-order valence-corrected chi connectivity index (χ0v) is 17.2. The van der Waals surface area contributed by atoms with E-state index in [1.54, 1.807) is 6.07 Å². The van der Waals surface area contributed by atoms with Gasteiger partial charge in [-0.2, -0.15) is 5.26 Å². The summed E-state index contributed by atoms with van der Waals surface area (Å²) in [5.74, 6) is 0. The van der Waals surface area contributed by atoms with Crippen molar-refractivity contribution in [1.82, 2.24) is 0 Å². The molecule has 4 nitrogen and oxygen atoms in total. The van der Waals surface area contributed by atoms with E-state index in [-0.39, 0.29) is 0 Å². The number of benzene rings is 3. The number of nitrogens with zero attached hydrogens (tertiary/aromatic N) is 3. The maximum absolute atomic E-state index is 9.67.